The van der Waals surface area contributed by atoms with Gasteiger partial charge in [0, 0.05) is 28.5 Å². The van der Waals surface area contributed by atoms with Crippen LogP contribution in [-0.2, 0) is 0 Å². The van der Waals surface area contributed by atoms with Gasteiger partial charge < -0.3 is 0 Å². The molecule has 0 aliphatic carbocycles. The van der Waals surface area contributed by atoms with E-state index in [1.165, 1.54) is 30.5 Å². The lowest BCUT2D eigenvalue weighted by Crippen LogP contribution is -2.01. The molecule has 0 unspecified atom stereocenters. The average Bonchev–Trinajstić information content (AvgIpc) is 2.86. The summed E-state index contributed by atoms with van der Waals surface area (Å²) in [7, 11) is 0. The molecule has 0 saturated carbocycles. The maximum absolute atomic E-state index is 14.6. The summed E-state index contributed by atoms with van der Waals surface area (Å²) < 4.78 is 28.9. The van der Waals surface area contributed by atoms with E-state index < -0.39 is 11.6 Å². The van der Waals surface area contributed by atoms with Crippen molar-refractivity contribution >= 4 is 0 Å². The summed E-state index contributed by atoms with van der Waals surface area (Å²) in [6, 6.07) is 26.1. The Morgan fingerprint density at radius 3 is 1.62 bits per heavy atom. The van der Waals surface area contributed by atoms with Crippen LogP contribution >= 0.6 is 0 Å². The second-order valence-corrected chi connectivity index (χ2v) is 7.07. The molecular weight excluding hydrogens is 406 g/mol. The molecule has 0 fully saturated rings. The van der Waals surface area contributed by atoms with Crippen molar-refractivity contribution in [3.8, 4) is 45.4 Å². The molecule has 0 spiro atoms. The summed E-state index contributed by atoms with van der Waals surface area (Å²) >= 11 is 0. The number of hydrogen-bond donors (Lipinski definition) is 0. The van der Waals surface area contributed by atoms with Crippen LogP contribution in [0.2, 0.25) is 0 Å². The predicted octanol–water partition coefficient (Wildman–Crippen LogP) is 6.21. The molecule has 0 radical (unpaired) electrons. The molecule has 0 aliphatic heterocycles. The smallest absolute Gasteiger partial charge is 0.164 e. The first-order valence-corrected chi connectivity index (χ1v) is 9.97. The highest BCUT2D eigenvalue weighted by Gasteiger charge is 2.16. The van der Waals surface area contributed by atoms with Gasteiger partial charge in [-0.1, -0.05) is 60.7 Å². The van der Waals surface area contributed by atoms with Crippen molar-refractivity contribution in [2.45, 2.75) is 0 Å². The monoisotopic (exact) mass is 422 g/mol. The number of hydrogen-bond acceptors (Lipinski definition) is 4. The number of benzene rings is 3. The molecule has 154 valence electrons. The lowest BCUT2D eigenvalue weighted by atomic mass is 10.1. The molecule has 5 aromatic rings. The van der Waals surface area contributed by atoms with Crippen LogP contribution in [0.1, 0.15) is 0 Å². The fourth-order valence-corrected chi connectivity index (χ4v) is 3.37. The highest BCUT2D eigenvalue weighted by Crippen LogP contribution is 2.30. The summed E-state index contributed by atoms with van der Waals surface area (Å²) in [5.74, 6) is 0.158. The molecule has 6 heteroatoms. The second-order valence-electron chi connectivity index (χ2n) is 7.07. The summed E-state index contributed by atoms with van der Waals surface area (Å²) in [5, 5.41) is 0. The van der Waals surface area contributed by atoms with E-state index in [-0.39, 0.29) is 11.3 Å². The first-order chi connectivity index (χ1) is 15.7. The third-order valence-electron chi connectivity index (χ3n) is 4.94. The molecule has 0 bridgehead atoms. The van der Waals surface area contributed by atoms with Crippen LogP contribution in [0.25, 0.3) is 45.4 Å². The van der Waals surface area contributed by atoms with Crippen LogP contribution in [0, 0.1) is 11.6 Å². The minimum atomic E-state index is -0.603. The van der Waals surface area contributed by atoms with Gasteiger partial charge in [0.05, 0.1) is 0 Å². The topological polar surface area (TPSA) is 51.6 Å². The fraction of sp³-hybridized carbons (Fsp3) is 0. The fourth-order valence-electron chi connectivity index (χ4n) is 3.37. The van der Waals surface area contributed by atoms with E-state index in [0.717, 1.165) is 11.1 Å². The van der Waals surface area contributed by atoms with Crippen molar-refractivity contribution in [1.82, 2.24) is 19.9 Å². The molecule has 4 nitrogen and oxygen atoms in total. The Bertz CT molecular complexity index is 1330. The Morgan fingerprint density at radius 1 is 0.500 bits per heavy atom. The summed E-state index contributed by atoms with van der Waals surface area (Å²) in [6.45, 7) is 0. The summed E-state index contributed by atoms with van der Waals surface area (Å²) in [5.41, 5.74) is 2.16. The van der Waals surface area contributed by atoms with Crippen molar-refractivity contribution in [1.29, 1.82) is 0 Å². The second kappa shape index (κ2) is 8.43. The van der Waals surface area contributed by atoms with E-state index in [2.05, 4.69) is 19.9 Å². The predicted molar refractivity (Wildman–Crippen MR) is 119 cm³/mol. The van der Waals surface area contributed by atoms with Gasteiger partial charge in [-0.25, -0.2) is 23.7 Å². The van der Waals surface area contributed by atoms with Crippen LogP contribution in [0.3, 0.4) is 0 Å². The number of nitrogens with zero attached hydrogens (tertiary/aromatic N) is 4. The molecule has 0 saturated heterocycles. The molecule has 0 amide bonds. The van der Waals surface area contributed by atoms with E-state index in [4.69, 9.17) is 0 Å². The van der Waals surface area contributed by atoms with Gasteiger partial charge in [0.15, 0.2) is 17.5 Å². The van der Waals surface area contributed by atoms with E-state index in [1.807, 2.05) is 60.7 Å². The van der Waals surface area contributed by atoms with Crippen molar-refractivity contribution in [2.75, 3.05) is 0 Å². The minimum absolute atomic E-state index is 0.0449. The number of halogens is 2. The first-order valence-electron chi connectivity index (χ1n) is 9.97. The largest absolute Gasteiger partial charge is 0.253 e. The van der Waals surface area contributed by atoms with Crippen molar-refractivity contribution in [3.63, 3.8) is 0 Å². The van der Waals surface area contributed by atoms with Gasteiger partial charge in [-0.2, -0.15) is 0 Å². The molecule has 0 aliphatic rings. The van der Waals surface area contributed by atoms with E-state index in [0.29, 0.717) is 23.0 Å². The molecular formula is C26H16F2N4. The molecule has 0 atom stereocenters. The van der Waals surface area contributed by atoms with Gasteiger partial charge in [0.25, 0.3) is 0 Å². The van der Waals surface area contributed by atoms with Crippen LogP contribution in [-0.4, -0.2) is 19.9 Å². The van der Waals surface area contributed by atoms with Crippen molar-refractivity contribution in [2.24, 2.45) is 0 Å². The van der Waals surface area contributed by atoms with Crippen molar-refractivity contribution < 1.29 is 8.78 Å². The Kier molecular flexibility index (Phi) is 5.17. The summed E-state index contributed by atoms with van der Waals surface area (Å²) in [4.78, 5) is 17.9. The Morgan fingerprint density at radius 2 is 1.06 bits per heavy atom. The van der Waals surface area contributed by atoms with Gasteiger partial charge in [-0.05, 0) is 30.3 Å². The number of aromatic nitrogens is 4. The maximum atomic E-state index is 14.6. The van der Waals surface area contributed by atoms with E-state index >= 15 is 0 Å². The maximum Gasteiger partial charge on any atom is 0.164 e. The quantitative estimate of drug-likeness (QED) is 0.345. The molecule has 32 heavy (non-hydrogen) atoms. The molecule has 3 aromatic carbocycles. The standard InChI is InChI=1S/C26H16F2N4/c27-21-14-13-19(16-20(21)23-22(28)12-7-15-29-23)26-31-24(17-8-3-1-4-9-17)30-25(32-26)18-10-5-2-6-11-18/h1-16H. The van der Waals surface area contributed by atoms with Crippen LogP contribution < -0.4 is 0 Å². The SMILES string of the molecule is Fc1ccc(-c2nc(-c3ccccc3)nc(-c3ccccc3)n2)cc1-c1ncccc1F. The lowest BCUT2D eigenvalue weighted by Gasteiger charge is -2.10. The Labute approximate surface area is 183 Å². The zero-order chi connectivity index (χ0) is 21.9. The Balaban J connectivity index is 1.70. The van der Waals surface area contributed by atoms with Crippen LogP contribution in [0.15, 0.2) is 97.2 Å². The normalized spacial score (nSPS) is 10.8. The van der Waals surface area contributed by atoms with Gasteiger partial charge in [0.1, 0.15) is 17.3 Å². The van der Waals surface area contributed by atoms with Gasteiger partial charge in [0.2, 0.25) is 0 Å². The zero-order valence-electron chi connectivity index (χ0n) is 16.8. The first kappa shape index (κ1) is 19.6. The molecule has 5 rings (SSSR count). The van der Waals surface area contributed by atoms with Crippen LogP contribution in [0.4, 0.5) is 8.78 Å². The van der Waals surface area contributed by atoms with Gasteiger partial charge >= 0.3 is 0 Å². The van der Waals surface area contributed by atoms with E-state index in [9.17, 15) is 8.78 Å². The Hall–Kier alpha value is -4.32. The zero-order valence-corrected chi connectivity index (χ0v) is 16.8. The highest BCUT2D eigenvalue weighted by molar-refractivity contribution is 5.71. The number of rotatable bonds is 4. The van der Waals surface area contributed by atoms with Crippen LogP contribution in [0.5, 0.6) is 0 Å². The highest BCUT2D eigenvalue weighted by atomic mass is 19.1. The summed E-state index contributed by atoms with van der Waals surface area (Å²) in [6.07, 6.45) is 1.43. The third kappa shape index (κ3) is 3.86. The van der Waals surface area contributed by atoms with E-state index in [1.54, 1.807) is 6.07 Å². The molecule has 2 heterocycles. The average molecular weight is 422 g/mol. The van der Waals surface area contributed by atoms with Crippen molar-refractivity contribution in [3.05, 3.63) is 109 Å². The molecule has 2 aromatic heterocycles. The number of pyridine rings is 1. The molecule has 0 N–H and O–H groups in total. The lowest BCUT2D eigenvalue weighted by molar-refractivity contribution is 0.611. The van der Waals surface area contributed by atoms with Gasteiger partial charge in [-0.3, -0.25) is 4.98 Å². The third-order valence-corrected chi connectivity index (χ3v) is 4.94. The van der Waals surface area contributed by atoms with Gasteiger partial charge in [-0.15, -0.1) is 0 Å². The minimum Gasteiger partial charge on any atom is -0.253 e.